The lowest BCUT2D eigenvalue weighted by molar-refractivity contribution is 0.455. The van der Waals surface area contributed by atoms with Crippen LogP contribution in [-0.2, 0) is 18.4 Å². The van der Waals surface area contributed by atoms with Crippen molar-refractivity contribution in [3.63, 3.8) is 0 Å². The van der Waals surface area contributed by atoms with Gasteiger partial charge in [0.25, 0.3) is 0 Å². The number of benzene rings is 1. The predicted octanol–water partition coefficient (Wildman–Crippen LogP) is 4.18. The van der Waals surface area contributed by atoms with Gasteiger partial charge in [0, 0.05) is 29.8 Å². The number of aromatic amines is 1. The van der Waals surface area contributed by atoms with Gasteiger partial charge in [-0.25, -0.2) is 0 Å². The molecule has 1 N–H and O–H groups in total. The molecule has 1 aromatic carbocycles. The van der Waals surface area contributed by atoms with Gasteiger partial charge in [-0.05, 0) is 29.8 Å². The van der Waals surface area contributed by atoms with Crippen molar-refractivity contribution in [1.82, 2.24) is 9.55 Å². The van der Waals surface area contributed by atoms with Crippen molar-refractivity contribution >= 4 is 12.2 Å². The van der Waals surface area contributed by atoms with Gasteiger partial charge >= 0.3 is 0 Å². The number of hydrogen-bond donors (Lipinski definition) is 1. The molecule has 1 aromatic heterocycles. The molecule has 0 saturated heterocycles. The molecule has 0 aliphatic heterocycles. The van der Waals surface area contributed by atoms with E-state index in [-0.39, 0.29) is 5.41 Å². The van der Waals surface area contributed by atoms with Gasteiger partial charge in [-0.15, -0.1) is 0 Å². The SMILES string of the molecule is CC(C)(C)c1c[nH]c(=S)n1CC1Cc2ccccc21. The molecule has 1 heterocycles. The summed E-state index contributed by atoms with van der Waals surface area (Å²) in [5, 5.41) is 0. The lowest BCUT2D eigenvalue weighted by Gasteiger charge is -2.32. The number of hydrogen-bond acceptors (Lipinski definition) is 1. The Hall–Kier alpha value is -1.35. The van der Waals surface area contributed by atoms with E-state index >= 15 is 0 Å². The minimum absolute atomic E-state index is 0.122. The highest BCUT2D eigenvalue weighted by Gasteiger charge is 2.28. The minimum Gasteiger partial charge on any atom is -0.337 e. The molecular weight excluding hydrogens is 252 g/mol. The monoisotopic (exact) mass is 272 g/mol. The lowest BCUT2D eigenvalue weighted by atomic mass is 9.77. The van der Waals surface area contributed by atoms with E-state index < -0.39 is 0 Å². The number of nitrogens with zero attached hydrogens (tertiary/aromatic N) is 1. The fourth-order valence-corrected chi connectivity index (χ4v) is 3.18. The van der Waals surface area contributed by atoms with E-state index in [0.29, 0.717) is 5.92 Å². The van der Waals surface area contributed by atoms with Crippen LogP contribution in [0.4, 0.5) is 0 Å². The Bertz CT molecular complexity index is 658. The van der Waals surface area contributed by atoms with Crippen molar-refractivity contribution in [2.75, 3.05) is 0 Å². The van der Waals surface area contributed by atoms with Crippen molar-refractivity contribution in [1.29, 1.82) is 0 Å². The third kappa shape index (κ3) is 2.16. The third-order valence-electron chi connectivity index (χ3n) is 4.00. The fraction of sp³-hybridized carbons (Fsp3) is 0.438. The Morgan fingerprint density at radius 2 is 2.05 bits per heavy atom. The molecule has 0 spiro atoms. The van der Waals surface area contributed by atoms with E-state index in [1.165, 1.54) is 23.2 Å². The molecule has 0 amide bonds. The molecule has 1 aliphatic carbocycles. The van der Waals surface area contributed by atoms with Crippen LogP contribution in [-0.4, -0.2) is 9.55 Å². The van der Waals surface area contributed by atoms with E-state index in [0.717, 1.165) is 11.3 Å². The van der Waals surface area contributed by atoms with Gasteiger partial charge in [-0.2, -0.15) is 0 Å². The molecule has 19 heavy (non-hydrogen) atoms. The van der Waals surface area contributed by atoms with Crippen LogP contribution in [0, 0.1) is 4.77 Å². The summed E-state index contributed by atoms with van der Waals surface area (Å²) < 4.78 is 3.12. The van der Waals surface area contributed by atoms with E-state index in [1.807, 2.05) is 0 Å². The molecule has 0 saturated carbocycles. The average molecular weight is 272 g/mol. The number of H-pyrrole nitrogens is 1. The highest BCUT2D eigenvalue weighted by atomic mass is 32.1. The molecule has 1 unspecified atom stereocenters. The molecule has 3 rings (SSSR count). The lowest BCUT2D eigenvalue weighted by Crippen LogP contribution is -2.25. The van der Waals surface area contributed by atoms with Gasteiger partial charge in [0.1, 0.15) is 0 Å². The first-order chi connectivity index (χ1) is 8.97. The van der Waals surface area contributed by atoms with E-state index in [9.17, 15) is 0 Å². The smallest absolute Gasteiger partial charge is 0.177 e. The van der Waals surface area contributed by atoms with E-state index in [4.69, 9.17) is 12.2 Å². The van der Waals surface area contributed by atoms with Crippen LogP contribution in [0.5, 0.6) is 0 Å². The number of fused-ring (bicyclic) bond motifs is 1. The minimum atomic E-state index is 0.122. The number of aromatic nitrogens is 2. The highest BCUT2D eigenvalue weighted by molar-refractivity contribution is 7.71. The van der Waals surface area contributed by atoms with Gasteiger partial charge < -0.3 is 9.55 Å². The quantitative estimate of drug-likeness (QED) is 0.813. The van der Waals surface area contributed by atoms with Crippen LogP contribution in [0.3, 0.4) is 0 Å². The molecule has 0 fully saturated rings. The first kappa shape index (κ1) is 12.7. The van der Waals surface area contributed by atoms with Gasteiger partial charge in [-0.3, -0.25) is 0 Å². The summed E-state index contributed by atoms with van der Waals surface area (Å²) in [6.45, 7) is 7.69. The summed E-state index contributed by atoms with van der Waals surface area (Å²) in [6.07, 6.45) is 3.24. The maximum absolute atomic E-state index is 5.44. The van der Waals surface area contributed by atoms with Crippen molar-refractivity contribution in [3.8, 4) is 0 Å². The summed E-state index contributed by atoms with van der Waals surface area (Å²) in [6, 6.07) is 8.73. The predicted molar refractivity (Wildman–Crippen MR) is 81.2 cm³/mol. The van der Waals surface area contributed by atoms with Gasteiger partial charge in [-0.1, -0.05) is 45.0 Å². The van der Waals surface area contributed by atoms with Gasteiger partial charge in [0.15, 0.2) is 4.77 Å². The molecule has 100 valence electrons. The summed E-state index contributed by atoms with van der Waals surface area (Å²) in [4.78, 5) is 3.20. The first-order valence-corrected chi connectivity index (χ1v) is 7.24. The Kier molecular flexibility index (Phi) is 2.90. The fourth-order valence-electron chi connectivity index (χ4n) is 2.94. The molecule has 0 radical (unpaired) electrons. The molecular formula is C16H20N2S. The summed E-state index contributed by atoms with van der Waals surface area (Å²) in [5.74, 6) is 0.611. The Labute approximate surface area is 119 Å². The van der Waals surface area contributed by atoms with Crippen LogP contribution < -0.4 is 0 Å². The zero-order chi connectivity index (χ0) is 13.6. The highest BCUT2D eigenvalue weighted by Crippen LogP contribution is 2.37. The first-order valence-electron chi connectivity index (χ1n) is 6.83. The van der Waals surface area contributed by atoms with Crippen molar-refractivity contribution in [2.24, 2.45) is 0 Å². The van der Waals surface area contributed by atoms with Crippen LogP contribution in [0.15, 0.2) is 30.5 Å². The van der Waals surface area contributed by atoms with E-state index in [2.05, 4.69) is 60.8 Å². The molecule has 2 aromatic rings. The summed E-state index contributed by atoms with van der Waals surface area (Å²) in [7, 11) is 0. The summed E-state index contributed by atoms with van der Waals surface area (Å²) >= 11 is 5.44. The molecule has 1 atom stereocenters. The maximum atomic E-state index is 5.44. The van der Waals surface area contributed by atoms with Crippen LogP contribution in [0.2, 0.25) is 0 Å². The molecule has 1 aliphatic rings. The molecule has 3 heteroatoms. The van der Waals surface area contributed by atoms with Crippen LogP contribution in [0.25, 0.3) is 0 Å². The Morgan fingerprint density at radius 3 is 2.74 bits per heavy atom. The standard InChI is InChI=1S/C16H20N2S/c1-16(2,3)14-9-17-15(19)18(14)10-12-8-11-6-4-5-7-13(11)12/h4-7,9,12H,8,10H2,1-3H3,(H,17,19). The van der Waals surface area contributed by atoms with Crippen molar-refractivity contribution in [3.05, 3.63) is 52.1 Å². The maximum Gasteiger partial charge on any atom is 0.177 e. The molecule has 2 nitrogen and oxygen atoms in total. The number of imidazole rings is 1. The second-order valence-corrected chi connectivity index (χ2v) is 6.83. The zero-order valence-electron chi connectivity index (χ0n) is 11.7. The Balaban J connectivity index is 1.90. The zero-order valence-corrected chi connectivity index (χ0v) is 12.6. The summed E-state index contributed by atoms with van der Waals surface area (Å²) in [5.41, 5.74) is 4.40. The molecule has 0 bridgehead atoms. The second-order valence-electron chi connectivity index (χ2n) is 6.44. The topological polar surface area (TPSA) is 20.7 Å². The average Bonchev–Trinajstić information content (AvgIpc) is 2.67. The second kappa shape index (κ2) is 4.34. The number of nitrogens with one attached hydrogen (secondary N) is 1. The van der Waals surface area contributed by atoms with E-state index in [1.54, 1.807) is 0 Å². The van der Waals surface area contributed by atoms with Crippen LogP contribution in [0.1, 0.15) is 43.5 Å². The normalized spacial score (nSPS) is 17.9. The third-order valence-corrected chi connectivity index (χ3v) is 4.34. The van der Waals surface area contributed by atoms with Gasteiger partial charge in [0.2, 0.25) is 0 Å². The Morgan fingerprint density at radius 1 is 1.32 bits per heavy atom. The largest absolute Gasteiger partial charge is 0.337 e. The van der Waals surface area contributed by atoms with Crippen molar-refractivity contribution in [2.45, 2.75) is 45.1 Å². The van der Waals surface area contributed by atoms with Gasteiger partial charge in [0.05, 0.1) is 0 Å². The van der Waals surface area contributed by atoms with Crippen molar-refractivity contribution < 1.29 is 0 Å². The number of rotatable bonds is 2. The van der Waals surface area contributed by atoms with Crippen LogP contribution >= 0.6 is 12.2 Å².